The summed E-state index contributed by atoms with van der Waals surface area (Å²) in [5.41, 5.74) is 1.40. The first kappa shape index (κ1) is 21.9. The number of hydrogen-bond donors (Lipinski definition) is 3. The predicted molar refractivity (Wildman–Crippen MR) is 117 cm³/mol. The molecule has 0 saturated carbocycles. The van der Waals surface area contributed by atoms with E-state index in [0.717, 1.165) is 5.56 Å². The molecule has 0 fully saturated rings. The van der Waals surface area contributed by atoms with Crippen LogP contribution in [0.2, 0.25) is 10.0 Å². The average molecular weight is 458 g/mol. The van der Waals surface area contributed by atoms with E-state index in [0.29, 0.717) is 59.9 Å². The number of fused-ring (bicyclic) bond motifs is 1. The molecule has 2 heterocycles. The van der Waals surface area contributed by atoms with Gasteiger partial charge < -0.3 is 14.8 Å². The molecular formula is C18H21Cl2N5O3S. The first-order valence-corrected chi connectivity index (χ1v) is 10.2. The molecule has 1 aromatic carbocycles. The van der Waals surface area contributed by atoms with Crippen molar-refractivity contribution in [1.82, 2.24) is 19.7 Å². The van der Waals surface area contributed by atoms with Gasteiger partial charge in [0.1, 0.15) is 5.52 Å². The van der Waals surface area contributed by atoms with Crippen LogP contribution < -0.4 is 10.9 Å². The van der Waals surface area contributed by atoms with E-state index >= 15 is 0 Å². The lowest BCUT2D eigenvalue weighted by Crippen LogP contribution is -2.18. The second-order valence-electron chi connectivity index (χ2n) is 6.20. The van der Waals surface area contributed by atoms with Crippen LogP contribution in [0.15, 0.2) is 29.2 Å². The Labute approximate surface area is 182 Å². The van der Waals surface area contributed by atoms with Crippen molar-refractivity contribution in [3.8, 4) is 0 Å². The smallest absolute Gasteiger partial charge is 0.278 e. The molecule has 0 aliphatic heterocycles. The van der Waals surface area contributed by atoms with E-state index < -0.39 is 0 Å². The summed E-state index contributed by atoms with van der Waals surface area (Å²) in [5, 5.41) is 8.27. The van der Waals surface area contributed by atoms with E-state index in [1.54, 1.807) is 23.0 Å². The molecule has 0 saturated heterocycles. The number of hydrogen-bond acceptors (Lipinski definition) is 7. The molecule has 0 amide bonds. The zero-order valence-corrected chi connectivity index (χ0v) is 18.1. The summed E-state index contributed by atoms with van der Waals surface area (Å²) in [7, 11) is 0. The van der Waals surface area contributed by atoms with Gasteiger partial charge in [-0.25, -0.2) is 4.98 Å². The lowest BCUT2D eigenvalue weighted by Gasteiger charge is -2.08. The van der Waals surface area contributed by atoms with Crippen LogP contribution in [-0.4, -0.2) is 45.0 Å². The molecule has 2 N–H and O–H groups in total. The minimum atomic E-state index is -0.281. The summed E-state index contributed by atoms with van der Waals surface area (Å²) in [4.78, 5) is 19.6. The highest BCUT2D eigenvalue weighted by Crippen LogP contribution is 2.22. The number of aromatic nitrogens is 4. The molecule has 156 valence electrons. The Morgan fingerprint density at radius 3 is 2.86 bits per heavy atom. The molecule has 0 spiro atoms. The molecule has 0 aliphatic rings. The summed E-state index contributed by atoms with van der Waals surface area (Å²) in [6, 6.07) is 5.32. The number of benzene rings is 1. The van der Waals surface area contributed by atoms with E-state index in [-0.39, 0.29) is 11.0 Å². The van der Waals surface area contributed by atoms with E-state index in [1.807, 2.05) is 13.0 Å². The van der Waals surface area contributed by atoms with E-state index in [9.17, 15) is 4.79 Å². The molecule has 0 radical (unpaired) electrons. The maximum Gasteiger partial charge on any atom is 0.278 e. The van der Waals surface area contributed by atoms with Crippen LogP contribution in [0.5, 0.6) is 0 Å². The third-order valence-electron chi connectivity index (χ3n) is 3.98. The number of H-pyrrole nitrogens is 1. The number of nitrogens with zero attached hydrogens (tertiary/aromatic N) is 3. The second-order valence-corrected chi connectivity index (χ2v) is 7.74. The highest BCUT2D eigenvalue weighted by atomic mass is 35.5. The number of anilines is 1. The van der Waals surface area contributed by atoms with E-state index in [2.05, 4.69) is 33.0 Å². The summed E-state index contributed by atoms with van der Waals surface area (Å²) in [6.45, 7) is 4.01. The van der Waals surface area contributed by atoms with Crippen molar-refractivity contribution in [3.63, 3.8) is 0 Å². The van der Waals surface area contributed by atoms with Crippen LogP contribution in [0.3, 0.4) is 0 Å². The molecule has 3 rings (SSSR count). The van der Waals surface area contributed by atoms with Gasteiger partial charge in [0.05, 0.1) is 48.0 Å². The van der Waals surface area contributed by atoms with Crippen LogP contribution in [0.1, 0.15) is 12.5 Å². The van der Waals surface area contributed by atoms with Gasteiger partial charge in [0, 0.05) is 6.54 Å². The zero-order valence-electron chi connectivity index (χ0n) is 15.7. The van der Waals surface area contributed by atoms with Gasteiger partial charge in [-0.3, -0.25) is 14.5 Å². The Hall–Kier alpha value is -1.78. The Morgan fingerprint density at radius 1 is 1.28 bits per heavy atom. The highest BCUT2D eigenvalue weighted by Gasteiger charge is 2.11. The molecule has 0 bridgehead atoms. The highest BCUT2D eigenvalue weighted by molar-refractivity contribution is 7.80. The number of halogens is 2. The van der Waals surface area contributed by atoms with Gasteiger partial charge in [-0.1, -0.05) is 29.3 Å². The quantitative estimate of drug-likeness (QED) is 0.245. The second kappa shape index (κ2) is 10.3. The minimum Gasteiger partial charge on any atom is -0.377 e. The van der Waals surface area contributed by atoms with Crippen molar-refractivity contribution < 1.29 is 9.47 Å². The Balaban J connectivity index is 1.60. The topological polar surface area (TPSA) is 94.1 Å². The lowest BCUT2D eigenvalue weighted by atomic mass is 10.2. The third kappa shape index (κ3) is 6.10. The molecule has 8 nitrogen and oxygen atoms in total. The van der Waals surface area contributed by atoms with Gasteiger partial charge in [-0.05, 0) is 24.6 Å². The van der Waals surface area contributed by atoms with Crippen molar-refractivity contribution in [3.05, 3.63) is 50.4 Å². The third-order valence-corrected chi connectivity index (χ3v) is 4.87. The number of nitrogens with one attached hydrogen (secondary N) is 2. The first-order chi connectivity index (χ1) is 13.9. The van der Waals surface area contributed by atoms with Crippen molar-refractivity contribution >= 4 is 52.8 Å². The first-order valence-electron chi connectivity index (χ1n) is 8.95. The molecule has 29 heavy (non-hydrogen) atoms. The van der Waals surface area contributed by atoms with Crippen molar-refractivity contribution in [2.75, 3.05) is 25.1 Å². The number of aromatic amines is 1. The van der Waals surface area contributed by atoms with E-state index in [1.165, 1.54) is 0 Å². The van der Waals surface area contributed by atoms with Crippen molar-refractivity contribution in [1.29, 1.82) is 0 Å². The van der Waals surface area contributed by atoms with Crippen LogP contribution in [0, 0.1) is 0 Å². The molecule has 0 aliphatic carbocycles. The van der Waals surface area contributed by atoms with Crippen LogP contribution in [0.25, 0.3) is 11.0 Å². The van der Waals surface area contributed by atoms with Gasteiger partial charge >= 0.3 is 0 Å². The fourth-order valence-corrected chi connectivity index (χ4v) is 3.05. The number of thiol groups is 1. The van der Waals surface area contributed by atoms with E-state index in [4.69, 9.17) is 32.7 Å². The fourth-order valence-electron chi connectivity index (χ4n) is 2.63. The number of rotatable bonds is 10. The molecular weight excluding hydrogens is 437 g/mol. The summed E-state index contributed by atoms with van der Waals surface area (Å²) in [5.74, 6) is 0.349. The molecule has 11 heteroatoms. The summed E-state index contributed by atoms with van der Waals surface area (Å²) < 4.78 is 12.3. The molecule has 3 aromatic rings. The minimum absolute atomic E-state index is 0.127. The van der Waals surface area contributed by atoms with Gasteiger partial charge in [-0.2, -0.15) is 5.10 Å². The molecule has 1 unspecified atom stereocenters. The summed E-state index contributed by atoms with van der Waals surface area (Å²) in [6.07, 6.45) is 1.56. The maximum absolute atomic E-state index is 12.5. The fraction of sp³-hybridized carbons (Fsp3) is 0.389. The van der Waals surface area contributed by atoms with Crippen molar-refractivity contribution in [2.24, 2.45) is 0 Å². The Kier molecular flexibility index (Phi) is 7.79. The maximum atomic E-state index is 12.5. The van der Waals surface area contributed by atoms with Gasteiger partial charge in [0.15, 0.2) is 5.52 Å². The SMILES string of the molecule is CC(S)OCCOCCn1ncc2nc(NCc3ccc(Cl)c(Cl)c3)[nH]c(=O)c21. The molecule has 1 atom stereocenters. The predicted octanol–water partition coefficient (Wildman–Crippen LogP) is 3.35. The normalized spacial score (nSPS) is 12.4. The van der Waals surface area contributed by atoms with Crippen LogP contribution >= 0.6 is 35.8 Å². The monoisotopic (exact) mass is 457 g/mol. The molecule has 2 aromatic heterocycles. The largest absolute Gasteiger partial charge is 0.377 e. The van der Waals surface area contributed by atoms with Crippen molar-refractivity contribution in [2.45, 2.75) is 25.4 Å². The Morgan fingerprint density at radius 2 is 2.10 bits per heavy atom. The van der Waals surface area contributed by atoms with Crippen LogP contribution in [0.4, 0.5) is 5.95 Å². The van der Waals surface area contributed by atoms with Crippen LogP contribution in [-0.2, 0) is 22.6 Å². The zero-order chi connectivity index (χ0) is 20.8. The average Bonchev–Trinajstić information content (AvgIpc) is 3.09. The summed E-state index contributed by atoms with van der Waals surface area (Å²) >= 11 is 16.1. The lowest BCUT2D eigenvalue weighted by molar-refractivity contribution is 0.0398. The Bertz CT molecular complexity index is 1020. The standard InChI is InChI=1S/C18H21Cl2N5O3S/c1-11(29)28-7-6-27-5-4-25-16-15(10-22-25)23-18(24-17(16)26)21-9-12-2-3-13(19)14(20)8-12/h2-3,8,10-11,29H,4-7,9H2,1H3,(H2,21,23,24,26). The number of ether oxygens (including phenoxy) is 2. The van der Waals surface area contributed by atoms with Gasteiger partial charge in [0.2, 0.25) is 5.95 Å². The van der Waals surface area contributed by atoms with Gasteiger partial charge in [0.25, 0.3) is 5.56 Å². The van der Waals surface area contributed by atoms with Gasteiger partial charge in [-0.15, -0.1) is 12.6 Å².